The Hall–Kier alpha value is -2.45. The van der Waals surface area contributed by atoms with Crippen LogP contribution < -0.4 is 5.32 Å². The molecule has 1 aromatic rings. The topological polar surface area (TPSA) is 86.8 Å². The molecule has 1 atom stereocenters. The van der Waals surface area contributed by atoms with Gasteiger partial charge in [-0.05, 0) is 13.1 Å². The Morgan fingerprint density at radius 3 is 2.36 bits per heavy atom. The Morgan fingerprint density at radius 2 is 1.71 bits per heavy atom. The molecule has 2 heterocycles. The zero-order chi connectivity index (χ0) is 20.1. The Morgan fingerprint density at radius 1 is 1.07 bits per heavy atom. The van der Waals surface area contributed by atoms with Crippen molar-refractivity contribution in [3.63, 3.8) is 0 Å². The first-order valence-electron chi connectivity index (χ1n) is 9.37. The summed E-state index contributed by atoms with van der Waals surface area (Å²) in [6.45, 7) is 6.49. The van der Waals surface area contributed by atoms with E-state index < -0.39 is 17.5 Å². The summed E-state index contributed by atoms with van der Waals surface area (Å²) in [7, 11) is 0. The van der Waals surface area contributed by atoms with Gasteiger partial charge in [0.2, 0.25) is 5.78 Å². The molecule has 7 nitrogen and oxygen atoms in total. The number of amides is 3. The van der Waals surface area contributed by atoms with Crippen LogP contribution in [0.15, 0.2) is 34.7 Å². The van der Waals surface area contributed by atoms with E-state index in [1.165, 1.54) is 16.7 Å². The maximum absolute atomic E-state index is 13.3. The van der Waals surface area contributed by atoms with Gasteiger partial charge in [-0.1, -0.05) is 38.1 Å². The lowest BCUT2D eigenvalue weighted by Crippen LogP contribution is -2.52. The predicted octanol–water partition coefficient (Wildman–Crippen LogP) is 1.70. The number of hydrogen-bond acceptors (Lipinski definition) is 6. The summed E-state index contributed by atoms with van der Waals surface area (Å²) in [6, 6.07) is 6.11. The minimum absolute atomic E-state index is 0.130. The Bertz CT molecular complexity index is 937. The van der Waals surface area contributed by atoms with Crippen molar-refractivity contribution in [2.75, 3.05) is 31.9 Å². The molecule has 3 amide bonds. The Kier molecular flexibility index (Phi) is 4.63. The highest BCUT2D eigenvalue weighted by Crippen LogP contribution is 2.47. The highest BCUT2D eigenvalue weighted by molar-refractivity contribution is 8.04. The molecule has 1 spiro atoms. The lowest BCUT2D eigenvalue weighted by atomic mass is 9.79. The van der Waals surface area contributed by atoms with Gasteiger partial charge in [0, 0.05) is 30.0 Å². The Balaban J connectivity index is 1.68. The van der Waals surface area contributed by atoms with Crippen LogP contribution in [0, 0.1) is 0 Å². The molecular formula is C20H21N3O4S. The molecule has 0 bridgehead atoms. The molecule has 3 aliphatic rings. The summed E-state index contributed by atoms with van der Waals surface area (Å²) in [4.78, 5) is 55.5. The number of carbonyl (C=O) groups excluding carboxylic acids is 4. The van der Waals surface area contributed by atoms with Gasteiger partial charge in [-0.3, -0.25) is 19.3 Å². The summed E-state index contributed by atoms with van der Waals surface area (Å²) < 4.78 is 0. The monoisotopic (exact) mass is 399 g/mol. The normalized spacial score (nSPS) is 23.8. The fraction of sp³-hybridized carbons (Fsp3) is 0.400. The number of allylic oxidation sites excluding steroid dienone is 1. The summed E-state index contributed by atoms with van der Waals surface area (Å²) in [6.07, 6.45) is 0. The summed E-state index contributed by atoms with van der Waals surface area (Å²) in [5, 5.41) is 2.74. The van der Waals surface area contributed by atoms with Crippen molar-refractivity contribution in [3.05, 3.63) is 45.9 Å². The molecular weight excluding hydrogens is 378 g/mol. The molecule has 1 N–H and O–H groups in total. The van der Waals surface area contributed by atoms with Crippen LogP contribution in [0.2, 0.25) is 0 Å². The van der Waals surface area contributed by atoms with Crippen molar-refractivity contribution in [3.8, 4) is 0 Å². The number of imide groups is 1. The fourth-order valence-corrected chi connectivity index (χ4v) is 5.36. The first-order chi connectivity index (χ1) is 13.4. The number of rotatable bonds is 5. The van der Waals surface area contributed by atoms with Crippen LogP contribution in [-0.2, 0) is 4.79 Å². The molecule has 0 aromatic heterocycles. The third-order valence-electron chi connectivity index (χ3n) is 5.65. The van der Waals surface area contributed by atoms with Crippen molar-refractivity contribution >= 4 is 35.3 Å². The van der Waals surface area contributed by atoms with E-state index in [1.54, 1.807) is 24.3 Å². The van der Waals surface area contributed by atoms with Gasteiger partial charge < -0.3 is 10.2 Å². The van der Waals surface area contributed by atoms with E-state index in [0.29, 0.717) is 12.1 Å². The van der Waals surface area contributed by atoms with Crippen molar-refractivity contribution < 1.29 is 19.2 Å². The third-order valence-corrected chi connectivity index (χ3v) is 6.90. The molecule has 28 heavy (non-hydrogen) atoms. The molecule has 0 radical (unpaired) electrons. The molecule has 1 aliphatic carbocycles. The van der Waals surface area contributed by atoms with Crippen molar-refractivity contribution in [2.45, 2.75) is 19.4 Å². The largest absolute Gasteiger partial charge is 0.325 e. The van der Waals surface area contributed by atoms with Crippen LogP contribution in [0.3, 0.4) is 0 Å². The first-order valence-corrected chi connectivity index (χ1v) is 10.4. The SMILES string of the molecule is CCN(CC)CCN1C(=O)NC2(CSC3=C2C(=O)c2ccccc2C3=O)C1=O. The average molecular weight is 399 g/mol. The van der Waals surface area contributed by atoms with Gasteiger partial charge >= 0.3 is 6.03 Å². The molecule has 1 saturated heterocycles. The first kappa shape index (κ1) is 18.9. The predicted molar refractivity (Wildman–Crippen MR) is 105 cm³/mol. The molecule has 146 valence electrons. The summed E-state index contributed by atoms with van der Waals surface area (Å²) in [5.74, 6) is -0.886. The summed E-state index contributed by atoms with van der Waals surface area (Å²) in [5.41, 5.74) is -0.673. The van der Waals surface area contributed by atoms with Crippen LogP contribution >= 0.6 is 11.8 Å². The second-order valence-electron chi connectivity index (χ2n) is 7.02. The van der Waals surface area contributed by atoms with Crippen LogP contribution in [0.25, 0.3) is 0 Å². The molecule has 1 fully saturated rings. The number of Topliss-reactive ketones (excluding diaryl/α,β-unsaturated/α-hetero) is 2. The van der Waals surface area contributed by atoms with Crippen LogP contribution in [-0.4, -0.2) is 70.8 Å². The number of nitrogens with zero attached hydrogens (tertiary/aromatic N) is 2. The van der Waals surface area contributed by atoms with Gasteiger partial charge in [-0.25, -0.2) is 4.79 Å². The third kappa shape index (κ3) is 2.55. The molecule has 1 unspecified atom stereocenters. The van der Waals surface area contributed by atoms with E-state index in [1.807, 2.05) is 13.8 Å². The minimum Gasteiger partial charge on any atom is -0.318 e. The lowest BCUT2D eigenvalue weighted by Gasteiger charge is -2.26. The van der Waals surface area contributed by atoms with E-state index >= 15 is 0 Å². The second kappa shape index (κ2) is 6.86. The number of likely N-dealkylation sites (N-methyl/N-ethyl adjacent to an activating group) is 1. The summed E-state index contributed by atoms with van der Waals surface area (Å²) >= 11 is 1.18. The number of thioether (sulfide) groups is 1. The lowest BCUT2D eigenvalue weighted by molar-refractivity contribution is -0.129. The Labute approximate surface area is 167 Å². The van der Waals surface area contributed by atoms with Gasteiger partial charge in [0.1, 0.15) is 0 Å². The molecule has 1 aromatic carbocycles. The van der Waals surface area contributed by atoms with E-state index in [2.05, 4.69) is 10.2 Å². The molecule has 0 saturated carbocycles. The van der Waals surface area contributed by atoms with Crippen molar-refractivity contribution in [1.29, 1.82) is 0 Å². The van der Waals surface area contributed by atoms with E-state index in [-0.39, 0.29) is 39.9 Å². The van der Waals surface area contributed by atoms with Crippen LogP contribution in [0.1, 0.15) is 34.6 Å². The molecule has 4 rings (SSSR count). The van der Waals surface area contributed by atoms with Crippen molar-refractivity contribution in [2.24, 2.45) is 0 Å². The number of benzene rings is 1. The van der Waals surface area contributed by atoms with E-state index in [0.717, 1.165) is 13.1 Å². The fourth-order valence-electron chi connectivity index (χ4n) is 4.01. The zero-order valence-corrected chi connectivity index (χ0v) is 16.6. The maximum atomic E-state index is 13.3. The second-order valence-corrected chi connectivity index (χ2v) is 8.00. The number of ketones is 2. The smallest absolute Gasteiger partial charge is 0.318 e. The standard InChI is InChI=1S/C20H21N3O4S/c1-3-22(4-2)9-10-23-18(26)20(21-19(23)27)11-28-17-14(20)15(24)12-7-5-6-8-13(12)16(17)25/h5-8H,3-4,9-11H2,1-2H3,(H,21,27). The molecule has 2 aliphatic heterocycles. The molecule has 8 heteroatoms. The van der Waals surface area contributed by atoms with Gasteiger partial charge in [0.25, 0.3) is 5.91 Å². The van der Waals surface area contributed by atoms with Crippen molar-refractivity contribution in [1.82, 2.24) is 15.1 Å². The maximum Gasteiger partial charge on any atom is 0.325 e. The number of fused-ring (bicyclic) bond motifs is 2. The highest BCUT2D eigenvalue weighted by Gasteiger charge is 2.61. The minimum atomic E-state index is -1.44. The average Bonchev–Trinajstić information content (AvgIpc) is 3.20. The van der Waals surface area contributed by atoms with Gasteiger partial charge in [0.15, 0.2) is 11.3 Å². The van der Waals surface area contributed by atoms with E-state index in [9.17, 15) is 19.2 Å². The zero-order valence-electron chi connectivity index (χ0n) is 15.8. The van der Waals surface area contributed by atoms with Gasteiger partial charge in [-0.2, -0.15) is 0 Å². The van der Waals surface area contributed by atoms with E-state index in [4.69, 9.17) is 0 Å². The highest BCUT2D eigenvalue weighted by atomic mass is 32.2. The quantitative estimate of drug-likeness (QED) is 0.759. The van der Waals surface area contributed by atoms with Gasteiger partial charge in [0.05, 0.1) is 10.5 Å². The van der Waals surface area contributed by atoms with Crippen LogP contribution in [0.5, 0.6) is 0 Å². The number of carbonyl (C=O) groups is 4. The number of urea groups is 1. The number of nitrogens with one attached hydrogen (secondary N) is 1. The number of hydrogen-bond donors (Lipinski definition) is 1. The van der Waals surface area contributed by atoms with Crippen LogP contribution in [0.4, 0.5) is 4.79 Å². The van der Waals surface area contributed by atoms with Gasteiger partial charge in [-0.15, -0.1) is 11.8 Å².